The molecule has 10 heteroatoms. The lowest BCUT2D eigenvalue weighted by atomic mass is 9.88. The summed E-state index contributed by atoms with van der Waals surface area (Å²) >= 11 is 0. The highest BCUT2D eigenvalue weighted by Crippen LogP contribution is 2.37. The summed E-state index contributed by atoms with van der Waals surface area (Å²) in [5.41, 5.74) is -0.116. The molecular formula is C31H40F2N2O5Si. The lowest BCUT2D eigenvalue weighted by Gasteiger charge is -2.40. The van der Waals surface area contributed by atoms with Gasteiger partial charge in [0, 0.05) is 17.8 Å². The molecule has 0 aliphatic heterocycles. The minimum absolute atomic E-state index is 0.0180. The molecule has 1 atom stereocenters. The maximum Gasteiger partial charge on any atom is 0.343 e. The number of ether oxygens (including phenoxy) is 2. The van der Waals surface area contributed by atoms with E-state index >= 15 is 0 Å². The van der Waals surface area contributed by atoms with Crippen LogP contribution < -0.4 is 10.2 Å². The summed E-state index contributed by atoms with van der Waals surface area (Å²) in [6.07, 6.45) is 2.01. The van der Waals surface area contributed by atoms with Gasteiger partial charge in [0.25, 0.3) is 0 Å². The number of carbonyl (C=O) groups is 1. The van der Waals surface area contributed by atoms with Gasteiger partial charge in [0.15, 0.2) is 0 Å². The van der Waals surface area contributed by atoms with Crippen molar-refractivity contribution in [2.45, 2.75) is 84.9 Å². The summed E-state index contributed by atoms with van der Waals surface area (Å²) in [5.74, 6) is -1.74. The number of carbonyl (C=O) groups excluding carboxylic acids is 1. The van der Waals surface area contributed by atoms with Gasteiger partial charge in [-0.25, -0.2) is 13.6 Å². The number of hydrogen-bond donors (Lipinski definition) is 0. The molecule has 1 aromatic carbocycles. The van der Waals surface area contributed by atoms with Crippen molar-refractivity contribution < 1.29 is 27.5 Å². The van der Waals surface area contributed by atoms with Crippen molar-refractivity contribution in [3.8, 4) is 5.88 Å². The number of esters is 1. The fraction of sp³-hybridized carbons (Fsp3) is 0.516. The van der Waals surface area contributed by atoms with Crippen LogP contribution in [0, 0.1) is 17.6 Å². The van der Waals surface area contributed by atoms with Gasteiger partial charge in [-0.15, -0.1) is 0 Å². The first kappa shape index (κ1) is 32.4. The van der Waals surface area contributed by atoms with Gasteiger partial charge in [0.05, 0.1) is 30.7 Å². The van der Waals surface area contributed by atoms with Crippen molar-refractivity contribution in [2.75, 3.05) is 13.7 Å². The zero-order chi connectivity index (χ0) is 30.7. The van der Waals surface area contributed by atoms with Gasteiger partial charge < -0.3 is 18.5 Å². The monoisotopic (exact) mass is 586 g/mol. The molecule has 2 aromatic heterocycles. The molecule has 0 N–H and O–H groups in total. The fourth-order valence-electron chi connectivity index (χ4n) is 5.02. The van der Waals surface area contributed by atoms with Crippen LogP contribution in [0.4, 0.5) is 8.78 Å². The molecule has 41 heavy (non-hydrogen) atoms. The van der Waals surface area contributed by atoms with Crippen molar-refractivity contribution in [3.63, 3.8) is 0 Å². The number of fused-ring (bicyclic) bond motifs is 1. The second kappa shape index (κ2) is 12.8. The molecule has 3 rings (SSSR count). The highest BCUT2D eigenvalue weighted by atomic mass is 28.2. The molecule has 0 aliphatic carbocycles. The van der Waals surface area contributed by atoms with E-state index in [1.807, 2.05) is 32.3 Å². The second-order valence-corrected chi connectivity index (χ2v) is 13.9. The number of hydrogen-bond acceptors (Lipinski definition) is 6. The molecule has 3 aromatic rings. The normalized spacial score (nSPS) is 13.1. The molecule has 0 saturated heterocycles. The van der Waals surface area contributed by atoms with E-state index in [1.165, 1.54) is 25.4 Å². The minimum Gasteiger partial charge on any atom is -0.481 e. The van der Waals surface area contributed by atoms with Crippen LogP contribution >= 0.6 is 0 Å². The number of pyridine rings is 2. The highest BCUT2D eigenvalue weighted by Gasteiger charge is 2.37. The van der Waals surface area contributed by atoms with E-state index in [1.54, 1.807) is 13.0 Å². The lowest BCUT2D eigenvalue weighted by Crippen LogP contribution is -2.42. The number of methoxy groups -OCH3 is 1. The molecule has 2 heterocycles. The molecule has 0 unspecified atom stereocenters. The molecule has 222 valence electrons. The Labute approximate surface area is 243 Å². The van der Waals surface area contributed by atoms with Crippen molar-refractivity contribution >= 4 is 26.8 Å². The van der Waals surface area contributed by atoms with Gasteiger partial charge >= 0.3 is 5.97 Å². The third kappa shape index (κ3) is 7.59. The maximum atomic E-state index is 14.3. The summed E-state index contributed by atoms with van der Waals surface area (Å²) < 4.78 is 46.9. The van der Waals surface area contributed by atoms with Gasteiger partial charge in [-0.3, -0.25) is 4.79 Å². The summed E-state index contributed by atoms with van der Waals surface area (Å²) in [6, 6.07) is 4.75. The number of nitrogens with zero attached hydrogens (tertiary/aromatic N) is 2. The summed E-state index contributed by atoms with van der Waals surface area (Å²) in [5, 5.41) is 0.159. The Kier molecular flexibility index (Phi) is 10.1. The average Bonchev–Trinajstić information content (AvgIpc) is 2.87. The van der Waals surface area contributed by atoms with Crippen LogP contribution in [0.15, 0.2) is 35.3 Å². The Morgan fingerprint density at radius 3 is 2.29 bits per heavy atom. The summed E-state index contributed by atoms with van der Waals surface area (Å²) in [7, 11) is 1.68. The topological polar surface area (TPSA) is 79.7 Å². The second-order valence-electron chi connectivity index (χ2n) is 12.0. The van der Waals surface area contributed by atoms with Gasteiger partial charge in [0.2, 0.25) is 21.1 Å². The Morgan fingerprint density at radius 2 is 1.73 bits per heavy atom. The SMILES string of the molecule is CCOC(=O)c1cn([C@@H](C(C)C)C(C)(C)O[Si]C(C)(C)C)c2nc(OC)c(CCc3ccc(F)cc3F)cc2c1=O. The van der Waals surface area contributed by atoms with Crippen LogP contribution in [0.2, 0.25) is 5.04 Å². The Bertz CT molecular complexity index is 1460. The summed E-state index contributed by atoms with van der Waals surface area (Å²) in [4.78, 5) is 31.4. The zero-order valence-electron chi connectivity index (χ0n) is 25.4. The van der Waals surface area contributed by atoms with E-state index in [0.717, 1.165) is 6.07 Å². The predicted octanol–water partition coefficient (Wildman–Crippen LogP) is 6.48. The minimum atomic E-state index is -0.725. The molecule has 0 bridgehead atoms. The van der Waals surface area contributed by atoms with Crippen LogP contribution in [-0.4, -0.2) is 44.6 Å². The quantitative estimate of drug-likeness (QED) is 0.189. The molecule has 2 radical (unpaired) electrons. The van der Waals surface area contributed by atoms with Gasteiger partial charge in [-0.05, 0) is 62.3 Å². The van der Waals surface area contributed by atoms with Gasteiger partial charge in [-0.1, -0.05) is 40.7 Å². The predicted molar refractivity (Wildman–Crippen MR) is 157 cm³/mol. The first-order chi connectivity index (χ1) is 19.1. The third-order valence-electron chi connectivity index (χ3n) is 6.67. The maximum absolute atomic E-state index is 14.3. The molecule has 0 aliphatic rings. The highest BCUT2D eigenvalue weighted by molar-refractivity contribution is 6.31. The number of aromatic nitrogens is 2. The van der Waals surface area contributed by atoms with Crippen LogP contribution in [0.1, 0.15) is 82.9 Å². The third-order valence-corrected chi connectivity index (χ3v) is 7.92. The first-order valence-corrected chi connectivity index (χ1v) is 14.7. The van der Waals surface area contributed by atoms with Crippen LogP contribution in [0.25, 0.3) is 11.0 Å². The molecule has 0 saturated carbocycles. The number of benzene rings is 1. The molecular weight excluding hydrogens is 546 g/mol. The van der Waals surface area contributed by atoms with Crippen molar-refractivity contribution in [3.05, 3.63) is 69.0 Å². The summed E-state index contributed by atoms with van der Waals surface area (Å²) in [6.45, 7) is 16.2. The standard InChI is InChI=1S/C31H40F2N2O5Si/c1-10-39-29(37)23-17-35(26(18(2)3)31(7,8)40-41-30(4,5)6)27-22(25(23)36)15-20(28(34-27)38-9)12-11-19-13-14-21(32)16-24(19)33/h13-18,26H,10-12H2,1-9H3/t26-/m0/s1. The molecule has 7 nitrogen and oxygen atoms in total. The van der Waals surface area contributed by atoms with Crippen LogP contribution in [0.3, 0.4) is 0 Å². The van der Waals surface area contributed by atoms with Gasteiger partial charge in [-0.2, -0.15) is 4.98 Å². The Morgan fingerprint density at radius 1 is 1.07 bits per heavy atom. The van der Waals surface area contributed by atoms with Crippen LogP contribution in [0.5, 0.6) is 5.88 Å². The van der Waals surface area contributed by atoms with E-state index in [0.29, 0.717) is 16.8 Å². The van der Waals surface area contributed by atoms with E-state index in [9.17, 15) is 18.4 Å². The molecule has 0 spiro atoms. The fourth-order valence-corrected chi connectivity index (χ4v) is 5.71. The number of halogens is 2. The van der Waals surface area contributed by atoms with Crippen LogP contribution in [-0.2, 0) is 22.0 Å². The lowest BCUT2D eigenvalue weighted by molar-refractivity contribution is 0.0284. The van der Waals surface area contributed by atoms with Crippen molar-refractivity contribution in [2.24, 2.45) is 5.92 Å². The number of aryl methyl sites for hydroxylation is 2. The molecule has 0 amide bonds. The number of rotatable bonds is 11. The van der Waals surface area contributed by atoms with E-state index < -0.39 is 28.6 Å². The molecule has 0 fully saturated rings. The van der Waals surface area contributed by atoms with Crippen molar-refractivity contribution in [1.82, 2.24) is 9.55 Å². The van der Waals surface area contributed by atoms with Crippen molar-refractivity contribution in [1.29, 1.82) is 0 Å². The zero-order valence-corrected chi connectivity index (χ0v) is 26.4. The first-order valence-electron chi connectivity index (χ1n) is 13.8. The Balaban J connectivity index is 2.25. The average molecular weight is 587 g/mol. The van der Waals surface area contributed by atoms with E-state index in [4.69, 9.17) is 18.9 Å². The Hall–Kier alpha value is -3.11. The van der Waals surface area contributed by atoms with E-state index in [2.05, 4.69) is 20.8 Å². The largest absolute Gasteiger partial charge is 0.481 e. The van der Waals surface area contributed by atoms with Gasteiger partial charge in [0.1, 0.15) is 22.8 Å². The van der Waals surface area contributed by atoms with E-state index in [-0.39, 0.29) is 63.0 Å². The smallest absolute Gasteiger partial charge is 0.343 e.